The summed E-state index contributed by atoms with van der Waals surface area (Å²) in [5.74, 6) is -0.843. The molecule has 0 fully saturated rings. The number of nitrogens with zero attached hydrogens (tertiary/aromatic N) is 1. The van der Waals surface area contributed by atoms with Gasteiger partial charge in [0.05, 0.1) is 27.7 Å². The Kier molecular flexibility index (Phi) is 43.8. The van der Waals surface area contributed by atoms with Gasteiger partial charge in [-0.2, -0.15) is 0 Å². The summed E-state index contributed by atoms with van der Waals surface area (Å²) in [6.07, 6.45) is 57.9. The summed E-state index contributed by atoms with van der Waals surface area (Å²) in [6, 6.07) is 0. The molecule has 0 rings (SSSR count). The monoisotopic (exact) mass is 918 g/mol. The minimum Gasteiger partial charge on any atom is -0.756 e. The minimum atomic E-state index is -4.63. The van der Waals surface area contributed by atoms with Gasteiger partial charge in [-0.1, -0.05) is 202 Å². The number of allylic oxidation sites excluding steroid dienone is 12. The van der Waals surface area contributed by atoms with Crippen molar-refractivity contribution in [2.75, 3.05) is 47.5 Å². The van der Waals surface area contributed by atoms with E-state index in [1.165, 1.54) is 89.9 Å². The molecular weight excluding hydrogens is 822 g/mol. The van der Waals surface area contributed by atoms with Gasteiger partial charge in [0, 0.05) is 12.8 Å². The van der Waals surface area contributed by atoms with Gasteiger partial charge < -0.3 is 27.9 Å². The molecule has 0 saturated carbocycles. The second kappa shape index (κ2) is 45.6. The summed E-state index contributed by atoms with van der Waals surface area (Å²) in [4.78, 5) is 37.7. The molecule has 0 aliphatic rings. The Morgan fingerprint density at radius 3 is 1.33 bits per heavy atom. The van der Waals surface area contributed by atoms with Crippen molar-refractivity contribution >= 4 is 19.8 Å². The van der Waals surface area contributed by atoms with Gasteiger partial charge in [0.1, 0.15) is 19.8 Å². The first kappa shape index (κ1) is 61.5. The summed E-state index contributed by atoms with van der Waals surface area (Å²) in [5, 5.41) is 0. The van der Waals surface area contributed by atoms with Crippen molar-refractivity contribution in [1.82, 2.24) is 0 Å². The van der Waals surface area contributed by atoms with Crippen LogP contribution >= 0.6 is 7.82 Å². The second-order valence-corrected chi connectivity index (χ2v) is 19.6. The summed E-state index contributed by atoms with van der Waals surface area (Å²) in [5.41, 5.74) is 0. The maximum absolute atomic E-state index is 12.7. The van der Waals surface area contributed by atoms with E-state index in [1.807, 2.05) is 21.1 Å². The third kappa shape index (κ3) is 48.9. The quantitative estimate of drug-likeness (QED) is 0.0195. The fraction of sp³-hybridized carbons (Fsp3) is 0.741. The minimum absolute atomic E-state index is 0.0346. The summed E-state index contributed by atoms with van der Waals surface area (Å²) in [6.45, 7) is 4.11. The molecule has 64 heavy (non-hydrogen) atoms. The number of hydrogen-bond acceptors (Lipinski definition) is 8. The van der Waals surface area contributed by atoms with Crippen LogP contribution in [0.4, 0.5) is 0 Å². The van der Waals surface area contributed by atoms with Crippen molar-refractivity contribution in [3.05, 3.63) is 72.9 Å². The Balaban J connectivity index is 4.23. The molecule has 0 heterocycles. The van der Waals surface area contributed by atoms with Crippen molar-refractivity contribution in [1.29, 1.82) is 0 Å². The molecule has 0 N–H and O–H groups in total. The summed E-state index contributed by atoms with van der Waals surface area (Å²) < 4.78 is 34.0. The van der Waals surface area contributed by atoms with Gasteiger partial charge in [-0.05, 0) is 64.2 Å². The zero-order chi connectivity index (χ0) is 47.1. The normalized spacial score (nSPS) is 14.0. The molecule has 0 saturated heterocycles. The summed E-state index contributed by atoms with van der Waals surface area (Å²) >= 11 is 0. The van der Waals surface area contributed by atoms with Gasteiger partial charge in [0.2, 0.25) is 0 Å². The van der Waals surface area contributed by atoms with Crippen LogP contribution in [0.15, 0.2) is 72.9 Å². The van der Waals surface area contributed by atoms with E-state index < -0.39 is 26.5 Å². The smallest absolute Gasteiger partial charge is 0.306 e. The van der Waals surface area contributed by atoms with Gasteiger partial charge in [-0.15, -0.1) is 0 Å². The Bertz CT molecular complexity index is 1310. The fourth-order valence-corrected chi connectivity index (χ4v) is 7.50. The standard InChI is InChI=1S/C54H96NO8P/c1-6-8-10-12-14-16-18-20-21-22-23-24-25-26-27-28-29-30-31-32-33-35-37-39-41-43-45-47-54(57)63-52(51-62-64(58,59)61-49-48-55(3,4)5)50-60-53(56)46-44-42-40-38-36-34-19-17-15-13-11-9-7-2/h8,10,14,16,20-21,23-24,26-27,29-30,52H,6-7,9,11-13,15,17-19,22,25,28,31-51H2,1-5H3/b10-8-,16-14-,21-20-,24-23-,27-26-,30-29-. The lowest BCUT2D eigenvalue weighted by molar-refractivity contribution is -0.870. The molecule has 2 unspecified atom stereocenters. The lowest BCUT2D eigenvalue weighted by atomic mass is 10.0. The first-order valence-electron chi connectivity index (χ1n) is 25.6. The van der Waals surface area contributed by atoms with Crippen molar-refractivity contribution < 1.29 is 42.1 Å². The number of rotatable bonds is 46. The lowest BCUT2D eigenvalue weighted by Crippen LogP contribution is -2.37. The average molecular weight is 918 g/mol. The maximum Gasteiger partial charge on any atom is 0.306 e. The number of likely N-dealkylation sites (N-methyl/N-ethyl adjacent to an activating group) is 1. The van der Waals surface area contributed by atoms with E-state index in [0.717, 1.165) is 83.5 Å². The Morgan fingerprint density at radius 1 is 0.500 bits per heavy atom. The first-order chi connectivity index (χ1) is 31.0. The summed E-state index contributed by atoms with van der Waals surface area (Å²) in [7, 11) is 1.15. The third-order valence-electron chi connectivity index (χ3n) is 10.7. The molecule has 0 amide bonds. The van der Waals surface area contributed by atoms with E-state index in [2.05, 4.69) is 86.8 Å². The van der Waals surface area contributed by atoms with Crippen LogP contribution in [0.1, 0.15) is 206 Å². The Morgan fingerprint density at radius 2 is 0.891 bits per heavy atom. The third-order valence-corrected chi connectivity index (χ3v) is 11.7. The highest BCUT2D eigenvalue weighted by Gasteiger charge is 2.21. The molecule has 0 bridgehead atoms. The molecule has 9 nitrogen and oxygen atoms in total. The number of phosphoric ester groups is 1. The van der Waals surface area contributed by atoms with Crippen LogP contribution in [0.2, 0.25) is 0 Å². The number of carbonyl (C=O) groups excluding carboxylic acids is 2. The number of phosphoric acid groups is 1. The van der Waals surface area contributed by atoms with Gasteiger partial charge in [0.25, 0.3) is 7.82 Å². The van der Waals surface area contributed by atoms with Crippen molar-refractivity contribution in [3.63, 3.8) is 0 Å². The van der Waals surface area contributed by atoms with Crippen LogP contribution in [0.5, 0.6) is 0 Å². The molecule has 0 aromatic carbocycles. The number of carbonyl (C=O) groups is 2. The highest BCUT2D eigenvalue weighted by molar-refractivity contribution is 7.45. The number of ether oxygens (including phenoxy) is 2. The van der Waals surface area contributed by atoms with E-state index in [9.17, 15) is 19.0 Å². The van der Waals surface area contributed by atoms with Gasteiger partial charge >= 0.3 is 11.9 Å². The lowest BCUT2D eigenvalue weighted by Gasteiger charge is -2.28. The Labute approximate surface area is 393 Å². The SMILES string of the molecule is CC/C=C\C/C=C\C/C=C\C/C=C\C/C=C\C/C=C\CCCCCCCCCCC(=O)OC(COC(=O)CCCCCCCCCCCCCCC)COP(=O)([O-])OCC[N+](C)(C)C. The molecule has 0 aliphatic heterocycles. The molecule has 370 valence electrons. The molecule has 0 aromatic rings. The topological polar surface area (TPSA) is 111 Å². The molecule has 0 aliphatic carbocycles. The van der Waals surface area contributed by atoms with E-state index >= 15 is 0 Å². The first-order valence-corrected chi connectivity index (χ1v) is 27.1. The van der Waals surface area contributed by atoms with Crippen LogP contribution in [-0.4, -0.2) is 70.0 Å². The zero-order valence-corrected chi connectivity index (χ0v) is 42.6. The number of unbranched alkanes of at least 4 members (excludes halogenated alkanes) is 20. The van der Waals surface area contributed by atoms with Gasteiger partial charge in [-0.25, -0.2) is 0 Å². The molecule has 0 spiro atoms. The number of esters is 2. The van der Waals surface area contributed by atoms with Crippen LogP contribution in [-0.2, 0) is 32.7 Å². The van der Waals surface area contributed by atoms with Crippen molar-refractivity contribution in [2.45, 2.75) is 213 Å². The van der Waals surface area contributed by atoms with Crippen LogP contribution in [0, 0.1) is 0 Å². The van der Waals surface area contributed by atoms with Crippen LogP contribution in [0.3, 0.4) is 0 Å². The molecule has 10 heteroatoms. The average Bonchev–Trinajstić information content (AvgIpc) is 3.25. The number of hydrogen-bond donors (Lipinski definition) is 0. The predicted molar refractivity (Wildman–Crippen MR) is 268 cm³/mol. The second-order valence-electron chi connectivity index (χ2n) is 18.2. The highest BCUT2D eigenvalue weighted by atomic mass is 31.2. The molecule has 0 aromatic heterocycles. The van der Waals surface area contributed by atoms with E-state index in [-0.39, 0.29) is 32.0 Å². The van der Waals surface area contributed by atoms with Crippen molar-refractivity contribution in [3.8, 4) is 0 Å². The fourth-order valence-electron chi connectivity index (χ4n) is 6.78. The predicted octanol–water partition coefficient (Wildman–Crippen LogP) is 14.7. The van der Waals surface area contributed by atoms with Crippen LogP contribution < -0.4 is 4.89 Å². The van der Waals surface area contributed by atoms with E-state index in [4.69, 9.17) is 18.5 Å². The van der Waals surface area contributed by atoms with Gasteiger partial charge in [0.15, 0.2) is 6.10 Å². The molecule has 2 atom stereocenters. The van der Waals surface area contributed by atoms with Gasteiger partial charge in [-0.3, -0.25) is 14.2 Å². The Hall–Kier alpha value is -2.55. The largest absolute Gasteiger partial charge is 0.756 e. The van der Waals surface area contributed by atoms with E-state index in [0.29, 0.717) is 17.4 Å². The van der Waals surface area contributed by atoms with Crippen molar-refractivity contribution in [2.24, 2.45) is 0 Å². The number of quaternary nitrogens is 1. The highest BCUT2D eigenvalue weighted by Crippen LogP contribution is 2.38. The zero-order valence-electron chi connectivity index (χ0n) is 41.7. The molecular formula is C54H96NO8P. The maximum atomic E-state index is 12.7. The molecule has 0 radical (unpaired) electrons. The van der Waals surface area contributed by atoms with E-state index in [1.54, 1.807) is 0 Å². The van der Waals surface area contributed by atoms with Crippen LogP contribution in [0.25, 0.3) is 0 Å².